The Bertz CT molecular complexity index is 841. The second-order valence-corrected chi connectivity index (χ2v) is 4.97. The predicted octanol–water partition coefficient (Wildman–Crippen LogP) is 2.84. The molecule has 0 spiro atoms. The molecule has 1 unspecified atom stereocenters. The molecule has 21 heavy (non-hydrogen) atoms. The average Bonchev–Trinajstić information content (AvgIpc) is 2.50. The van der Waals surface area contributed by atoms with Gasteiger partial charge in [0.15, 0.2) is 0 Å². The number of hydrogen-bond acceptors (Lipinski definition) is 2. The van der Waals surface area contributed by atoms with Crippen molar-refractivity contribution in [1.82, 2.24) is 4.57 Å². The highest BCUT2D eigenvalue weighted by Crippen LogP contribution is 2.18. The van der Waals surface area contributed by atoms with E-state index in [1.165, 1.54) is 12.1 Å². The second kappa shape index (κ2) is 5.50. The van der Waals surface area contributed by atoms with Crippen LogP contribution in [0.2, 0.25) is 0 Å². The van der Waals surface area contributed by atoms with Gasteiger partial charge in [-0.2, -0.15) is 0 Å². The molecule has 0 aliphatic rings. The van der Waals surface area contributed by atoms with Gasteiger partial charge >= 0.3 is 0 Å². The van der Waals surface area contributed by atoms with Gasteiger partial charge in [0.1, 0.15) is 5.82 Å². The summed E-state index contributed by atoms with van der Waals surface area (Å²) >= 11 is 0. The Morgan fingerprint density at radius 2 is 1.71 bits per heavy atom. The lowest BCUT2D eigenvalue weighted by Gasteiger charge is -2.16. The van der Waals surface area contributed by atoms with E-state index < -0.39 is 6.04 Å². The van der Waals surface area contributed by atoms with Crippen LogP contribution in [0.25, 0.3) is 10.9 Å². The zero-order chi connectivity index (χ0) is 14.8. The van der Waals surface area contributed by atoms with Gasteiger partial charge in [-0.25, -0.2) is 4.39 Å². The molecule has 2 N–H and O–H groups in total. The van der Waals surface area contributed by atoms with Crippen LogP contribution in [0.1, 0.15) is 11.6 Å². The Labute approximate surface area is 121 Å². The van der Waals surface area contributed by atoms with Crippen molar-refractivity contribution in [2.75, 3.05) is 0 Å². The SMILES string of the molecule is NC(Cn1c(=O)ccc2ccccc21)c1ccccc1F. The molecule has 0 amide bonds. The third kappa shape index (κ3) is 2.58. The Morgan fingerprint density at radius 3 is 2.52 bits per heavy atom. The Balaban J connectivity index is 2.04. The highest BCUT2D eigenvalue weighted by molar-refractivity contribution is 5.78. The standard InChI is InChI=1S/C17H15FN2O/c18-14-7-3-2-6-13(14)15(19)11-20-16-8-4-1-5-12(16)9-10-17(20)21/h1-10,15H,11,19H2. The van der Waals surface area contributed by atoms with Crippen LogP contribution in [0, 0.1) is 5.82 Å². The maximum Gasteiger partial charge on any atom is 0.251 e. The summed E-state index contributed by atoms with van der Waals surface area (Å²) in [7, 11) is 0. The van der Waals surface area contributed by atoms with Crippen molar-refractivity contribution in [2.24, 2.45) is 5.73 Å². The molecule has 0 saturated carbocycles. The molecule has 0 saturated heterocycles. The van der Waals surface area contributed by atoms with E-state index in [4.69, 9.17) is 5.73 Å². The number of hydrogen-bond donors (Lipinski definition) is 1. The van der Waals surface area contributed by atoms with Gasteiger partial charge in [-0.05, 0) is 23.6 Å². The van der Waals surface area contributed by atoms with Gasteiger partial charge in [0.25, 0.3) is 5.56 Å². The van der Waals surface area contributed by atoms with E-state index in [9.17, 15) is 9.18 Å². The topological polar surface area (TPSA) is 48.0 Å². The number of para-hydroxylation sites is 1. The minimum atomic E-state index is -0.574. The van der Waals surface area contributed by atoms with E-state index in [-0.39, 0.29) is 17.9 Å². The van der Waals surface area contributed by atoms with Crippen LogP contribution in [0.5, 0.6) is 0 Å². The molecule has 0 radical (unpaired) electrons. The Morgan fingerprint density at radius 1 is 1.00 bits per heavy atom. The minimum Gasteiger partial charge on any atom is -0.322 e. The molecule has 2 aromatic carbocycles. The van der Waals surface area contributed by atoms with Crippen LogP contribution >= 0.6 is 0 Å². The first-order chi connectivity index (χ1) is 10.2. The Hall–Kier alpha value is -2.46. The zero-order valence-corrected chi connectivity index (χ0v) is 11.4. The lowest BCUT2D eigenvalue weighted by Crippen LogP contribution is -2.27. The third-order valence-corrected chi connectivity index (χ3v) is 3.58. The van der Waals surface area contributed by atoms with E-state index in [0.717, 1.165) is 10.9 Å². The normalized spacial score (nSPS) is 12.5. The molecule has 0 aliphatic heterocycles. The molecule has 3 aromatic rings. The van der Waals surface area contributed by atoms with Crippen molar-refractivity contribution >= 4 is 10.9 Å². The first-order valence-electron chi connectivity index (χ1n) is 6.75. The van der Waals surface area contributed by atoms with Crippen LogP contribution in [0.3, 0.4) is 0 Å². The summed E-state index contributed by atoms with van der Waals surface area (Å²) in [6.07, 6.45) is 0. The van der Waals surface area contributed by atoms with Crippen molar-refractivity contribution in [3.05, 3.63) is 82.4 Å². The summed E-state index contributed by atoms with van der Waals surface area (Å²) in [5.41, 5.74) is 7.17. The van der Waals surface area contributed by atoms with E-state index >= 15 is 0 Å². The molecule has 4 heteroatoms. The first-order valence-corrected chi connectivity index (χ1v) is 6.75. The van der Waals surface area contributed by atoms with Gasteiger partial charge in [0.05, 0.1) is 11.6 Å². The largest absolute Gasteiger partial charge is 0.322 e. The van der Waals surface area contributed by atoms with E-state index in [2.05, 4.69) is 0 Å². The minimum absolute atomic E-state index is 0.138. The molecule has 106 valence electrons. The van der Waals surface area contributed by atoms with E-state index in [0.29, 0.717) is 5.56 Å². The van der Waals surface area contributed by atoms with Crippen LogP contribution in [0.15, 0.2) is 65.5 Å². The number of nitrogens with two attached hydrogens (primary N) is 1. The summed E-state index contributed by atoms with van der Waals surface area (Å²) in [6, 6.07) is 16.7. The lowest BCUT2D eigenvalue weighted by atomic mass is 10.1. The molecular formula is C17H15FN2O. The Kier molecular flexibility index (Phi) is 3.54. The predicted molar refractivity (Wildman–Crippen MR) is 81.5 cm³/mol. The molecule has 1 aromatic heterocycles. The molecule has 1 atom stereocenters. The van der Waals surface area contributed by atoms with Gasteiger partial charge in [0, 0.05) is 18.2 Å². The molecule has 3 nitrogen and oxygen atoms in total. The van der Waals surface area contributed by atoms with Crippen molar-refractivity contribution in [1.29, 1.82) is 0 Å². The summed E-state index contributed by atoms with van der Waals surface area (Å²) in [6.45, 7) is 0.237. The third-order valence-electron chi connectivity index (χ3n) is 3.58. The quantitative estimate of drug-likeness (QED) is 0.803. The van der Waals surface area contributed by atoms with Crippen molar-refractivity contribution in [3.63, 3.8) is 0 Å². The van der Waals surface area contributed by atoms with Crippen LogP contribution in [0.4, 0.5) is 4.39 Å². The fraction of sp³-hybridized carbons (Fsp3) is 0.118. The first kappa shape index (κ1) is 13.5. The molecule has 0 fully saturated rings. The van der Waals surface area contributed by atoms with E-state index in [1.807, 2.05) is 24.3 Å². The number of rotatable bonds is 3. The number of aromatic nitrogens is 1. The van der Waals surface area contributed by atoms with Crippen LogP contribution < -0.4 is 11.3 Å². The summed E-state index contributed by atoms with van der Waals surface area (Å²) in [5, 5.41) is 0.956. The lowest BCUT2D eigenvalue weighted by molar-refractivity contribution is 0.532. The second-order valence-electron chi connectivity index (χ2n) is 4.97. The smallest absolute Gasteiger partial charge is 0.251 e. The number of pyridine rings is 1. The molecule has 0 aliphatic carbocycles. The summed E-state index contributed by atoms with van der Waals surface area (Å²) in [5.74, 6) is -0.349. The number of halogens is 1. The highest BCUT2D eigenvalue weighted by Gasteiger charge is 2.13. The maximum atomic E-state index is 13.8. The van der Waals surface area contributed by atoms with Crippen molar-refractivity contribution in [3.8, 4) is 0 Å². The van der Waals surface area contributed by atoms with Gasteiger partial charge < -0.3 is 10.3 Å². The van der Waals surface area contributed by atoms with Gasteiger partial charge in [-0.15, -0.1) is 0 Å². The van der Waals surface area contributed by atoms with Gasteiger partial charge in [0.2, 0.25) is 0 Å². The summed E-state index contributed by atoms with van der Waals surface area (Å²) in [4.78, 5) is 12.1. The molecular weight excluding hydrogens is 267 g/mol. The molecule has 1 heterocycles. The average molecular weight is 282 g/mol. The molecule has 0 bridgehead atoms. The van der Waals surface area contributed by atoms with Crippen LogP contribution in [-0.4, -0.2) is 4.57 Å². The van der Waals surface area contributed by atoms with Crippen molar-refractivity contribution < 1.29 is 4.39 Å². The number of nitrogens with zero attached hydrogens (tertiary/aromatic N) is 1. The summed E-state index contributed by atoms with van der Waals surface area (Å²) < 4.78 is 15.4. The van der Waals surface area contributed by atoms with E-state index in [1.54, 1.807) is 28.8 Å². The molecule has 3 rings (SSSR count). The monoisotopic (exact) mass is 282 g/mol. The zero-order valence-electron chi connectivity index (χ0n) is 11.4. The number of benzene rings is 2. The maximum absolute atomic E-state index is 13.8. The van der Waals surface area contributed by atoms with Crippen LogP contribution in [-0.2, 0) is 6.54 Å². The highest BCUT2D eigenvalue weighted by atomic mass is 19.1. The fourth-order valence-electron chi connectivity index (χ4n) is 2.50. The fourth-order valence-corrected chi connectivity index (χ4v) is 2.50. The van der Waals surface area contributed by atoms with Gasteiger partial charge in [-0.3, -0.25) is 4.79 Å². The van der Waals surface area contributed by atoms with Crippen molar-refractivity contribution in [2.45, 2.75) is 12.6 Å². The van der Waals surface area contributed by atoms with Gasteiger partial charge in [-0.1, -0.05) is 36.4 Å². The number of fused-ring (bicyclic) bond motifs is 1.